The van der Waals surface area contributed by atoms with Crippen molar-refractivity contribution in [1.29, 1.82) is 5.53 Å². The third kappa shape index (κ3) is 3.30. The van der Waals surface area contributed by atoms with Crippen molar-refractivity contribution in [2.24, 2.45) is 5.11 Å². The topological polar surface area (TPSA) is 92.3 Å². The van der Waals surface area contributed by atoms with E-state index in [2.05, 4.69) is 10.0 Å². The lowest BCUT2D eigenvalue weighted by atomic mass is 10.2. The van der Waals surface area contributed by atoms with Crippen LogP contribution in [0.3, 0.4) is 0 Å². The van der Waals surface area contributed by atoms with Gasteiger partial charge in [0.1, 0.15) is 22.6 Å². The van der Waals surface area contributed by atoms with Crippen molar-refractivity contribution < 1.29 is 18.7 Å². The first-order chi connectivity index (χ1) is 11.2. The predicted molar refractivity (Wildman–Crippen MR) is 79.2 cm³/mol. The molecule has 3 rings (SSSR count). The van der Waals surface area contributed by atoms with Gasteiger partial charge in [-0.25, -0.2) is 9.18 Å². The van der Waals surface area contributed by atoms with E-state index in [4.69, 9.17) is 15.0 Å². The van der Waals surface area contributed by atoms with Crippen molar-refractivity contribution in [3.8, 4) is 0 Å². The van der Waals surface area contributed by atoms with Gasteiger partial charge in [0, 0.05) is 13.1 Å². The van der Waals surface area contributed by atoms with Gasteiger partial charge in [0.2, 0.25) is 4.91 Å². The van der Waals surface area contributed by atoms with Gasteiger partial charge in [-0.05, 0) is 18.2 Å². The number of halogens is 1. The number of hydrogen-bond acceptors (Lipinski definition) is 6. The number of anilines is 2. The van der Waals surface area contributed by atoms with Crippen LogP contribution >= 0.6 is 0 Å². The summed E-state index contributed by atoms with van der Waals surface area (Å²) in [4.78, 5) is 18.0. The summed E-state index contributed by atoms with van der Waals surface area (Å²) in [5.74, 6) is -0.383. The normalized spacial score (nSPS) is 21.1. The molecule has 1 aromatic carbocycles. The van der Waals surface area contributed by atoms with E-state index in [0.29, 0.717) is 37.7 Å². The summed E-state index contributed by atoms with van der Waals surface area (Å²) in [7, 11) is 0. The van der Waals surface area contributed by atoms with Crippen molar-refractivity contribution in [3.63, 3.8) is 0 Å². The third-order valence-electron chi connectivity index (χ3n) is 3.82. The molecule has 2 fully saturated rings. The second kappa shape index (κ2) is 6.72. The van der Waals surface area contributed by atoms with Crippen LogP contribution in [-0.4, -0.2) is 51.6 Å². The summed E-state index contributed by atoms with van der Waals surface area (Å²) >= 11 is 0. The van der Waals surface area contributed by atoms with Crippen LogP contribution < -0.4 is 14.7 Å². The van der Waals surface area contributed by atoms with Crippen LogP contribution in [0.5, 0.6) is 0 Å². The number of carbonyl (C=O) groups is 1. The smallest absolute Gasteiger partial charge is 0.414 e. The molecule has 1 atom stereocenters. The molecule has 0 bridgehead atoms. The highest BCUT2D eigenvalue weighted by Gasteiger charge is 2.33. The summed E-state index contributed by atoms with van der Waals surface area (Å²) in [6, 6.07) is 4.70. The average molecular weight is 322 g/mol. The Kier molecular flexibility index (Phi) is 4.50. The molecule has 9 heteroatoms. The minimum absolute atomic E-state index is 0.125. The highest BCUT2D eigenvalue weighted by molar-refractivity contribution is 5.90. The van der Waals surface area contributed by atoms with E-state index in [1.165, 1.54) is 11.0 Å². The SMILES string of the molecule is N=[N+]=NC[C@H]1CN(c2ccc(N3CCOCC3)c(F)c2)C(=O)O1. The predicted octanol–water partition coefficient (Wildman–Crippen LogP) is 1.54. The second-order valence-corrected chi connectivity index (χ2v) is 5.28. The molecule has 0 unspecified atom stereocenters. The van der Waals surface area contributed by atoms with Crippen LogP contribution in [0.15, 0.2) is 23.3 Å². The molecule has 2 saturated heterocycles. The van der Waals surface area contributed by atoms with Gasteiger partial charge in [-0.2, -0.15) is 0 Å². The first-order valence-corrected chi connectivity index (χ1v) is 7.32. The van der Waals surface area contributed by atoms with Gasteiger partial charge >= 0.3 is 6.09 Å². The van der Waals surface area contributed by atoms with E-state index in [-0.39, 0.29) is 18.9 Å². The van der Waals surface area contributed by atoms with E-state index in [9.17, 15) is 9.18 Å². The Morgan fingerprint density at radius 3 is 2.87 bits per heavy atom. The van der Waals surface area contributed by atoms with Gasteiger partial charge in [0.05, 0.1) is 31.1 Å². The maximum Gasteiger partial charge on any atom is 0.414 e. The zero-order valence-corrected chi connectivity index (χ0v) is 12.4. The molecule has 0 radical (unpaired) electrons. The van der Waals surface area contributed by atoms with Gasteiger partial charge in [-0.15, -0.1) is 0 Å². The van der Waals surface area contributed by atoms with Crippen molar-refractivity contribution >= 4 is 17.5 Å². The fourth-order valence-electron chi connectivity index (χ4n) is 2.68. The number of rotatable bonds is 4. The number of nitrogens with one attached hydrogen (secondary N) is 1. The molecular formula is C14H17FN5O3+. The molecule has 0 spiro atoms. The number of hydrogen-bond donors (Lipinski definition) is 1. The molecule has 1 aromatic rings. The molecule has 0 aromatic heterocycles. The number of benzene rings is 1. The van der Waals surface area contributed by atoms with Gasteiger partial charge in [-0.1, -0.05) is 0 Å². The number of morpholine rings is 1. The molecular weight excluding hydrogens is 305 g/mol. The monoisotopic (exact) mass is 322 g/mol. The van der Waals surface area contributed by atoms with Crippen molar-refractivity contribution in [2.75, 3.05) is 49.2 Å². The average Bonchev–Trinajstić information content (AvgIpc) is 2.94. The fourth-order valence-corrected chi connectivity index (χ4v) is 2.68. The Morgan fingerprint density at radius 2 is 2.17 bits per heavy atom. The summed E-state index contributed by atoms with van der Waals surface area (Å²) in [5.41, 5.74) is 7.56. The van der Waals surface area contributed by atoms with Crippen LogP contribution in [0.4, 0.5) is 20.6 Å². The van der Waals surface area contributed by atoms with Gasteiger partial charge < -0.3 is 14.4 Å². The Hall–Kier alpha value is -2.51. The Labute approximate surface area is 132 Å². The molecule has 0 saturated carbocycles. The molecule has 23 heavy (non-hydrogen) atoms. The Morgan fingerprint density at radius 1 is 1.39 bits per heavy atom. The molecule has 8 nitrogen and oxygen atoms in total. The van der Waals surface area contributed by atoms with Gasteiger partial charge in [0.25, 0.3) is 0 Å². The molecule has 1 N–H and O–H groups in total. The van der Waals surface area contributed by atoms with Crippen molar-refractivity contribution in [1.82, 2.24) is 4.91 Å². The lowest BCUT2D eigenvalue weighted by Gasteiger charge is -2.29. The molecule has 2 aliphatic rings. The number of amides is 1. The van der Waals surface area contributed by atoms with E-state index in [1.54, 1.807) is 12.1 Å². The van der Waals surface area contributed by atoms with Crippen molar-refractivity contribution in [2.45, 2.75) is 6.10 Å². The largest absolute Gasteiger partial charge is 0.442 e. The van der Waals surface area contributed by atoms with E-state index in [0.717, 1.165) is 0 Å². The van der Waals surface area contributed by atoms with E-state index in [1.807, 2.05) is 4.90 Å². The summed E-state index contributed by atoms with van der Waals surface area (Å²) < 4.78 is 24.8. The van der Waals surface area contributed by atoms with Gasteiger partial charge in [0.15, 0.2) is 6.54 Å². The van der Waals surface area contributed by atoms with Crippen LogP contribution in [0, 0.1) is 11.3 Å². The summed E-state index contributed by atoms with van der Waals surface area (Å²) in [6.07, 6.45) is -1.02. The lowest BCUT2D eigenvalue weighted by molar-refractivity contribution is 0.122. The number of nitrogens with zero attached hydrogens (tertiary/aromatic N) is 4. The number of carbonyl (C=O) groups excluding carboxylic acids is 1. The third-order valence-corrected chi connectivity index (χ3v) is 3.82. The fraction of sp³-hybridized carbons (Fsp3) is 0.500. The first-order valence-electron chi connectivity index (χ1n) is 7.32. The number of cyclic esters (lactones) is 1. The van der Waals surface area contributed by atoms with E-state index < -0.39 is 12.2 Å². The Bertz CT molecular complexity index is 643. The highest BCUT2D eigenvalue weighted by atomic mass is 19.1. The van der Waals surface area contributed by atoms with E-state index >= 15 is 0 Å². The molecule has 0 aliphatic carbocycles. The molecule has 2 heterocycles. The first kappa shape index (κ1) is 15.4. The minimum Gasteiger partial charge on any atom is -0.442 e. The molecule has 1 amide bonds. The quantitative estimate of drug-likeness (QED) is 0.672. The molecule has 122 valence electrons. The Balaban J connectivity index is 1.74. The zero-order valence-electron chi connectivity index (χ0n) is 12.4. The highest BCUT2D eigenvalue weighted by Crippen LogP contribution is 2.28. The van der Waals surface area contributed by atoms with Crippen LogP contribution in [-0.2, 0) is 9.47 Å². The lowest BCUT2D eigenvalue weighted by Crippen LogP contribution is -2.36. The maximum atomic E-state index is 14.4. The van der Waals surface area contributed by atoms with Gasteiger partial charge in [-0.3, -0.25) is 4.90 Å². The van der Waals surface area contributed by atoms with Crippen LogP contribution in [0.2, 0.25) is 0 Å². The van der Waals surface area contributed by atoms with Crippen molar-refractivity contribution in [3.05, 3.63) is 24.0 Å². The summed E-state index contributed by atoms with van der Waals surface area (Å²) in [6.45, 7) is 2.82. The zero-order chi connectivity index (χ0) is 16.2. The minimum atomic E-state index is -0.547. The maximum absolute atomic E-state index is 14.4. The molecule has 2 aliphatic heterocycles. The summed E-state index contributed by atoms with van der Waals surface area (Å²) in [5, 5.41) is 3.50. The second-order valence-electron chi connectivity index (χ2n) is 5.28. The number of ether oxygens (including phenoxy) is 2. The van der Waals surface area contributed by atoms with Crippen LogP contribution in [0.25, 0.3) is 0 Å². The standard InChI is InChI=1S/C14H17FN5O3/c15-12-7-10(1-2-13(12)19-3-5-22-6-4-19)20-9-11(8-17-18-16)23-14(20)21/h1-2,7,11,16H,3-6,8-9H2/q+1/t11-/m0/s1. The van der Waals surface area contributed by atoms with Crippen LogP contribution in [0.1, 0.15) is 0 Å².